The first kappa shape index (κ1) is 19.7. The summed E-state index contributed by atoms with van der Waals surface area (Å²) in [6.45, 7) is 5.67. The predicted octanol–water partition coefficient (Wildman–Crippen LogP) is 3.46. The number of nitrogens with zero attached hydrogens (tertiary/aromatic N) is 1. The Morgan fingerprint density at radius 2 is 1.93 bits per heavy atom. The molecule has 144 valence electrons. The third-order valence-corrected chi connectivity index (χ3v) is 5.05. The van der Waals surface area contributed by atoms with Gasteiger partial charge >= 0.3 is 0 Å². The first-order valence-electron chi connectivity index (χ1n) is 9.08. The van der Waals surface area contributed by atoms with E-state index in [2.05, 4.69) is 41.4 Å². The lowest BCUT2D eigenvalue weighted by Crippen LogP contribution is -2.43. The van der Waals surface area contributed by atoms with Crippen LogP contribution < -0.4 is 10.1 Å². The van der Waals surface area contributed by atoms with Crippen LogP contribution in [0.2, 0.25) is 5.02 Å². The van der Waals surface area contributed by atoms with Gasteiger partial charge in [-0.25, -0.2) is 0 Å². The van der Waals surface area contributed by atoms with Crippen LogP contribution in [0, 0.1) is 6.92 Å². The number of hydrogen-bond donors (Lipinski definition) is 1. The molecule has 1 fully saturated rings. The number of halogens is 1. The molecule has 0 bridgehead atoms. The van der Waals surface area contributed by atoms with Gasteiger partial charge in [-0.05, 0) is 30.7 Å². The van der Waals surface area contributed by atoms with E-state index in [1.165, 1.54) is 11.1 Å². The van der Waals surface area contributed by atoms with Crippen LogP contribution in [0.15, 0.2) is 42.5 Å². The molecule has 0 spiro atoms. The molecule has 3 rings (SSSR count). The highest BCUT2D eigenvalue weighted by atomic mass is 35.5. The van der Waals surface area contributed by atoms with E-state index in [1.807, 2.05) is 0 Å². The van der Waals surface area contributed by atoms with E-state index < -0.39 is 0 Å². The average molecular weight is 389 g/mol. The summed E-state index contributed by atoms with van der Waals surface area (Å²) in [6, 6.07) is 13.6. The van der Waals surface area contributed by atoms with Crippen molar-refractivity contribution in [1.82, 2.24) is 10.2 Å². The van der Waals surface area contributed by atoms with Gasteiger partial charge < -0.3 is 14.8 Å². The fraction of sp³-hybridized carbons (Fsp3) is 0.381. The van der Waals surface area contributed by atoms with Crippen molar-refractivity contribution in [1.29, 1.82) is 0 Å². The predicted molar refractivity (Wildman–Crippen MR) is 107 cm³/mol. The number of benzene rings is 2. The molecule has 1 heterocycles. The molecule has 0 radical (unpaired) electrons. The second-order valence-electron chi connectivity index (χ2n) is 6.63. The van der Waals surface area contributed by atoms with Crippen molar-refractivity contribution in [3.63, 3.8) is 0 Å². The third-order valence-electron chi connectivity index (χ3n) is 4.81. The number of carbonyl (C=O) groups is 1. The minimum atomic E-state index is -0.195. The van der Waals surface area contributed by atoms with Crippen molar-refractivity contribution in [3.8, 4) is 5.75 Å². The van der Waals surface area contributed by atoms with Crippen LogP contribution in [0.25, 0.3) is 0 Å². The van der Waals surface area contributed by atoms with E-state index in [0.717, 1.165) is 13.1 Å². The maximum Gasteiger partial charge on any atom is 0.255 e. The Hall–Kier alpha value is -2.08. The van der Waals surface area contributed by atoms with Crippen molar-refractivity contribution >= 4 is 17.5 Å². The van der Waals surface area contributed by atoms with Crippen molar-refractivity contribution in [3.05, 3.63) is 64.2 Å². The van der Waals surface area contributed by atoms with E-state index in [9.17, 15) is 4.79 Å². The minimum Gasteiger partial charge on any atom is -0.496 e. The van der Waals surface area contributed by atoms with Gasteiger partial charge in [-0.1, -0.05) is 41.4 Å². The van der Waals surface area contributed by atoms with Crippen molar-refractivity contribution in [2.24, 2.45) is 0 Å². The van der Waals surface area contributed by atoms with Crippen LogP contribution in [-0.2, 0) is 4.74 Å². The van der Waals surface area contributed by atoms with E-state index in [1.54, 1.807) is 25.3 Å². The molecule has 1 saturated heterocycles. The highest BCUT2D eigenvalue weighted by Crippen LogP contribution is 2.24. The smallest absolute Gasteiger partial charge is 0.255 e. The SMILES string of the molecule is COc1ccc(Cl)cc1C(=O)NCC(c1ccc(C)cc1)N1CCOCC1. The number of aryl methyl sites for hydroxylation is 1. The molecular weight excluding hydrogens is 364 g/mol. The van der Waals surface area contributed by atoms with Gasteiger partial charge in [0, 0.05) is 24.7 Å². The lowest BCUT2D eigenvalue weighted by atomic mass is 10.0. The molecular formula is C21H25ClN2O3. The van der Waals surface area contributed by atoms with Crippen LogP contribution in [0.1, 0.15) is 27.5 Å². The Balaban J connectivity index is 1.77. The lowest BCUT2D eigenvalue weighted by Gasteiger charge is -2.35. The highest BCUT2D eigenvalue weighted by molar-refractivity contribution is 6.31. The van der Waals surface area contributed by atoms with Gasteiger partial charge in [0.25, 0.3) is 5.91 Å². The zero-order valence-electron chi connectivity index (χ0n) is 15.7. The molecule has 0 aromatic heterocycles. The number of methoxy groups -OCH3 is 1. The molecule has 0 saturated carbocycles. The van der Waals surface area contributed by atoms with Gasteiger partial charge in [-0.15, -0.1) is 0 Å². The van der Waals surface area contributed by atoms with Crippen LogP contribution >= 0.6 is 11.6 Å². The Kier molecular flexibility index (Phi) is 6.72. The van der Waals surface area contributed by atoms with Gasteiger partial charge in [0.05, 0.1) is 31.9 Å². The van der Waals surface area contributed by atoms with E-state index in [-0.39, 0.29) is 11.9 Å². The lowest BCUT2D eigenvalue weighted by molar-refractivity contribution is 0.0162. The molecule has 1 atom stereocenters. The van der Waals surface area contributed by atoms with Gasteiger partial charge in [0.2, 0.25) is 0 Å². The number of ether oxygens (including phenoxy) is 2. The summed E-state index contributed by atoms with van der Waals surface area (Å²) in [6.07, 6.45) is 0. The summed E-state index contributed by atoms with van der Waals surface area (Å²) in [5.74, 6) is 0.315. The summed E-state index contributed by atoms with van der Waals surface area (Å²) >= 11 is 6.06. The van der Waals surface area contributed by atoms with Gasteiger partial charge in [0.15, 0.2) is 0 Å². The number of amides is 1. The summed E-state index contributed by atoms with van der Waals surface area (Å²) in [5, 5.41) is 3.56. The third kappa shape index (κ3) is 5.01. The molecule has 1 amide bonds. The number of nitrogens with one attached hydrogen (secondary N) is 1. The van der Waals surface area contributed by atoms with E-state index >= 15 is 0 Å². The maximum atomic E-state index is 12.8. The van der Waals surface area contributed by atoms with Crippen molar-refractivity contribution in [2.75, 3.05) is 40.0 Å². The molecule has 27 heavy (non-hydrogen) atoms. The Bertz CT molecular complexity index is 773. The zero-order chi connectivity index (χ0) is 19.2. The Morgan fingerprint density at radius 1 is 1.22 bits per heavy atom. The fourth-order valence-electron chi connectivity index (χ4n) is 3.28. The Morgan fingerprint density at radius 3 is 2.59 bits per heavy atom. The first-order valence-corrected chi connectivity index (χ1v) is 9.46. The molecule has 1 aliphatic rings. The normalized spacial score (nSPS) is 16.0. The van der Waals surface area contributed by atoms with Gasteiger partial charge in [-0.2, -0.15) is 0 Å². The second kappa shape index (κ2) is 9.22. The standard InChI is InChI=1S/C21H25ClN2O3/c1-15-3-5-16(6-4-15)19(24-9-11-27-12-10-24)14-23-21(25)18-13-17(22)7-8-20(18)26-2/h3-8,13,19H,9-12,14H2,1-2H3,(H,23,25). The largest absolute Gasteiger partial charge is 0.496 e. The second-order valence-corrected chi connectivity index (χ2v) is 7.07. The number of rotatable bonds is 6. The zero-order valence-corrected chi connectivity index (χ0v) is 16.5. The van der Waals surface area contributed by atoms with E-state index in [0.29, 0.717) is 36.1 Å². The number of morpholine rings is 1. The quantitative estimate of drug-likeness (QED) is 0.823. The minimum absolute atomic E-state index is 0.0867. The van der Waals surface area contributed by atoms with Crippen LogP contribution in [-0.4, -0.2) is 50.8 Å². The maximum absolute atomic E-state index is 12.8. The van der Waals surface area contributed by atoms with Crippen molar-refractivity contribution in [2.45, 2.75) is 13.0 Å². The summed E-state index contributed by atoms with van der Waals surface area (Å²) in [5.41, 5.74) is 2.84. The fourth-order valence-corrected chi connectivity index (χ4v) is 3.45. The monoisotopic (exact) mass is 388 g/mol. The number of hydrogen-bond acceptors (Lipinski definition) is 4. The summed E-state index contributed by atoms with van der Waals surface area (Å²) in [7, 11) is 1.54. The molecule has 1 unspecified atom stereocenters. The first-order chi connectivity index (χ1) is 13.1. The molecule has 2 aromatic rings. The van der Waals surface area contributed by atoms with Crippen LogP contribution in [0.5, 0.6) is 5.75 Å². The topological polar surface area (TPSA) is 50.8 Å². The Labute approximate surface area is 165 Å². The molecule has 6 heteroatoms. The van der Waals surface area contributed by atoms with Gasteiger partial charge in [-0.3, -0.25) is 9.69 Å². The summed E-state index contributed by atoms with van der Waals surface area (Å²) < 4.78 is 10.8. The molecule has 1 N–H and O–H groups in total. The van der Waals surface area contributed by atoms with Crippen molar-refractivity contribution < 1.29 is 14.3 Å². The van der Waals surface area contributed by atoms with Crippen LogP contribution in [0.3, 0.4) is 0 Å². The van der Waals surface area contributed by atoms with Crippen LogP contribution in [0.4, 0.5) is 0 Å². The summed E-state index contributed by atoms with van der Waals surface area (Å²) in [4.78, 5) is 15.1. The molecule has 1 aliphatic heterocycles. The average Bonchev–Trinajstić information content (AvgIpc) is 2.70. The van der Waals surface area contributed by atoms with Gasteiger partial charge in [0.1, 0.15) is 5.75 Å². The van der Waals surface area contributed by atoms with E-state index in [4.69, 9.17) is 21.1 Å². The number of carbonyl (C=O) groups excluding carboxylic acids is 1. The molecule has 2 aromatic carbocycles. The molecule has 0 aliphatic carbocycles. The highest BCUT2D eigenvalue weighted by Gasteiger charge is 2.24. The molecule has 5 nitrogen and oxygen atoms in total.